The maximum atomic E-state index is 11.6. The van der Waals surface area contributed by atoms with Gasteiger partial charge in [-0.15, -0.1) is 11.3 Å². The van der Waals surface area contributed by atoms with Crippen LogP contribution in [0.25, 0.3) is 16.5 Å². The summed E-state index contributed by atoms with van der Waals surface area (Å²) in [6.07, 6.45) is 1.74. The van der Waals surface area contributed by atoms with E-state index in [1.165, 1.54) is 11.3 Å². The molecule has 1 fully saturated rings. The minimum Gasteiger partial charge on any atom is -0.478 e. The van der Waals surface area contributed by atoms with Crippen molar-refractivity contribution in [3.05, 3.63) is 52.0 Å². The second-order valence-electron chi connectivity index (χ2n) is 5.00. The molecule has 0 spiro atoms. The molecule has 7 heteroatoms. The fraction of sp³-hybridized carbons (Fsp3) is 0.0625. The Hall–Kier alpha value is -2.51. The average molecular weight is 344 g/mol. The summed E-state index contributed by atoms with van der Waals surface area (Å²) in [6, 6.07) is 9.09. The standard InChI is InChI=1S/C16H12N2O3S2/c1-8-6-9(2-4-11(8)15(20)21)13-5-3-10(23-13)7-12-14(19)18-16(22)17-12/h2-7H,1H3,(H,20,21)(H2,17,18,19,22)/b12-7-. The fourth-order valence-corrected chi connectivity index (χ4v) is 3.42. The zero-order valence-electron chi connectivity index (χ0n) is 12.0. The zero-order valence-corrected chi connectivity index (χ0v) is 13.7. The first-order valence-corrected chi connectivity index (χ1v) is 7.95. The molecule has 5 nitrogen and oxygen atoms in total. The molecule has 3 N–H and O–H groups in total. The molecule has 23 heavy (non-hydrogen) atoms. The number of carbonyl (C=O) groups is 2. The Morgan fingerprint density at radius 1 is 1.26 bits per heavy atom. The van der Waals surface area contributed by atoms with E-state index < -0.39 is 5.97 Å². The van der Waals surface area contributed by atoms with Crippen molar-refractivity contribution in [1.82, 2.24) is 10.6 Å². The predicted molar refractivity (Wildman–Crippen MR) is 93.3 cm³/mol. The molecule has 2 heterocycles. The molecule has 0 atom stereocenters. The highest BCUT2D eigenvalue weighted by molar-refractivity contribution is 7.80. The van der Waals surface area contributed by atoms with Gasteiger partial charge in [0.2, 0.25) is 0 Å². The van der Waals surface area contributed by atoms with Gasteiger partial charge in [-0.1, -0.05) is 6.07 Å². The highest BCUT2D eigenvalue weighted by Crippen LogP contribution is 2.30. The molecule has 1 amide bonds. The van der Waals surface area contributed by atoms with Gasteiger partial charge in [0.15, 0.2) is 5.11 Å². The molecule has 3 rings (SSSR count). The largest absolute Gasteiger partial charge is 0.478 e. The summed E-state index contributed by atoms with van der Waals surface area (Å²) in [7, 11) is 0. The van der Waals surface area contributed by atoms with Gasteiger partial charge >= 0.3 is 5.97 Å². The van der Waals surface area contributed by atoms with Crippen LogP contribution in [0.3, 0.4) is 0 Å². The summed E-state index contributed by atoms with van der Waals surface area (Å²) in [4.78, 5) is 24.6. The van der Waals surface area contributed by atoms with Crippen LogP contribution in [0.5, 0.6) is 0 Å². The van der Waals surface area contributed by atoms with Crippen molar-refractivity contribution >= 4 is 46.6 Å². The lowest BCUT2D eigenvalue weighted by Crippen LogP contribution is -2.21. The second-order valence-corrected chi connectivity index (χ2v) is 6.53. The lowest BCUT2D eigenvalue weighted by atomic mass is 10.0. The van der Waals surface area contributed by atoms with Gasteiger partial charge in [-0.05, 0) is 60.6 Å². The Labute approximate surface area is 141 Å². The third kappa shape index (κ3) is 3.15. The van der Waals surface area contributed by atoms with Crippen LogP contribution in [0.1, 0.15) is 20.8 Å². The van der Waals surface area contributed by atoms with E-state index in [4.69, 9.17) is 17.3 Å². The number of aromatic carboxylic acids is 1. The van der Waals surface area contributed by atoms with Crippen LogP contribution >= 0.6 is 23.6 Å². The van der Waals surface area contributed by atoms with Crippen LogP contribution in [-0.4, -0.2) is 22.1 Å². The van der Waals surface area contributed by atoms with Crippen molar-refractivity contribution in [2.24, 2.45) is 0 Å². The lowest BCUT2D eigenvalue weighted by Gasteiger charge is -2.03. The molecular weight excluding hydrogens is 332 g/mol. The number of thiophene rings is 1. The fourth-order valence-electron chi connectivity index (χ4n) is 2.27. The van der Waals surface area contributed by atoms with Crippen LogP contribution in [0.4, 0.5) is 0 Å². The highest BCUT2D eigenvalue weighted by atomic mass is 32.1. The minimum atomic E-state index is -0.931. The first-order valence-electron chi connectivity index (χ1n) is 6.72. The topological polar surface area (TPSA) is 78.4 Å². The molecule has 0 unspecified atom stereocenters. The van der Waals surface area contributed by atoms with Gasteiger partial charge < -0.3 is 10.4 Å². The van der Waals surface area contributed by atoms with Crippen molar-refractivity contribution in [2.45, 2.75) is 6.92 Å². The van der Waals surface area contributed by atoms with Crippen molar-refractivity contribution < 1.29 is 14.7 Å². The summed E-state index contributed by atoms with van der Waals surface area (Å²) in [5.41, 5.74) is 2.38. The summed E-state index contributed by atoms with van der Waals surface area (Å²) in [6.45, 7) is 1.77. The molecule has 2 aromatic rings. The number of carboxylic acids is 1. The van der Waals surface area contributed by atoms with Crippen LogP contribution < -0.4 is 10.6 Å². The van der Waals surface area contributed by atoms with E-state index in [9.17, 15) is 9.59 Å². The summed E-state index contributed by atoms with van der Waals surface area (Å²) >= 11 is 6.40. The molecule has 1 saturated heterocycles. The lowest BCUT2D eigenvalue weighted by molar-refractivity contribution is -0.115. The Bertz CT molecular complexity index is 868. The summed E-state index contributed by atoms with van der Waals surface area (Å²) in [5.74, 6) is -1.17. The van der Waals surface area contributed by atoms with Crippen molar-refractivity contribution in [2.75, 3.05) is 0 Å². The zero-order chi connectivity index (χ0) is 16.6. The van der Waals surface area contributed by atoms with E-state index in [-0.39, 0.29) is 5.91 Å². The van der Waals surface area contributed by atoms with Crippen LogP contribution in [0, 0.1) is 6.92 Å². The number of carbonyl (C=O) groups excluding carboxylic acids is 1. The molecular formula is C16H12N2O3S2. The van der Waals surface area contributed by atoms with E-state index in [1.807, 2.05) is 18.2 Å². The smallest absolute Gasteiger partial charge is 0.335 e. The molecule has 1 aliphatic rings. The number of carboxylic acid groups (broad SMARTS) is 1. The molecule has 1 aliphatic heterocycles. The van der Waals surface area contributed by atoms with E-state index in [1.54, 1.807) is 25.1 Å². The number of rotatable bonds is 3. The SMILES string of the molecule is Cc1cc(-c2ccc(/C=C3\NC(=S)NC3=O)s2)ccc1C(=O)O. The predicted octanol–water partition coefficient (Wildman–Crippen LogP) is 2.77. The molecule has 116 valence electrons. The second kappa shape index (κ2) is 5.94. The third-order valence-electron chi connectivity index (χ3n) is 3.37. The van der Waals surface area contributed by atoms with Gasteiger partial charge in [0.05, 0.1) is 5.56 Å². The maximum Gasteiger partial charge on any atom is 0.335 e. The molecule has 1 aromatic heterocycles. The van der Waals surface area contributed by atoms with Gasteiger partial charge in [0, 0.05) is 9.75 Å². The monoisotopic (exact) mass is 344 g/mol. The number of nitrogens with one attached hydrogen (secondary N) is 2. The Morgan fingerprint density at radius 3 is 2.65 bits per heavy atom. The van der Waals surface area contributed by atoms with Gasteiger partial charge in [-0.2, -0.15) is 0 Å². The molecule has 0 saturated carbocycles. The van der Waals surface area contributed by atoms with Crippen LogP contribution in [0.15, 0.2) is 36.0 Å². The first kappa shape index (κ1) is 15.4. The molecule has 0 aliphatic carbocycles. The number of thiocarbonyl (C=S) groups is 1. The molecule has 0 radical (unpaired) electrons. The number of aryl methyl sites for hydroxylation is 1. The quantitative estimate of drug-likeness (QED) is 0.589. The molecule has 0 bridgehead atoms. The van der Waals surface area contributed by atoms with E-state index in [0.717, 1.165) is 15.3 Å². The van der Waals surface area contributed by atoms with E-state index in [0.29, 0.717) is 21.9 Å². The maximum absolute atomic E-state index is 11.6. The van der Waals surface area contributed by atoms with Gasteiger partial charge in [0.1, 0.15) is 5.70 Å². The highest BCUT2D eigenvalue weighted by Gasteiger charge is 2.20. The van der Waals surface area contributed by atoms with E-state index >= 15 is 0 Å². The average Bonchev–Trinajstić information content (AvgIpc) is 3.06. The van der Waals surface area contributed by atoms with Gasteiger partial charge in [-0.25, -0.2) is 4.79 Å². The first-order chi connectivity index (χ1) is 10.9. The number of hydrogen-bond donors (Lipinski definition) is 3. The summed E-state index contributed by atoms with van der Waals surface area (Å²) < 4.78 is 0. The Kier molecular flexibility index (Phi) is 3.97. The number of amides is 1. The van der Waals surface area contributed by atoms with Crippen molar-refractivity contribution in [1.29, 1.82) is 0 Å². The summed E-state index contributed by atoms with van der Waals surface area (Å²) in [5, 5.41) is 14.7. The van der Waals surface area contributed by atoms with E-state index in [2.05, 4.69) is 10.6 Å². The number of hydrogen-bond acceptors (Lipinski definition) is 4. The normalized spacial score (nSPS) is 15.6. The van der Waals surface area contributed by atoms with Gasteiger partial charge in [0.25, 0.3) is 5.91 Å². The Morgan fingerprint density at radius 2 is 2.04 bits per heavy atom. The third-order valence-corrected chi connectivity index (χ3v) is 4.66. The minimum absolute atomic E-state index is 0.244. The Balaban J connectivity index is 1.89. The molecule has 1 aromatic carbocycles. The van der Waals surface area contributed by atoms with Gasteiger partial charge in [-0.3, -0.25) is 10.1 Å². The van der Waals surface area contributed by atoms with Crippen molar-refractivity contribution in [3.8, 4) is 10.4 Å². The van der Waals surface area contributed by atoms with Crippen molar-refractivity contribution in [3.63, 3.8) is 0 Å². The van der Waals surface area contributed by atoms with Crippen LogP contribution in [-0.2, 0) is 4.79 Å². The van der Waals surface area contributed by atoms with Crippen LogP contribution in [0.2, 0.25) is 0 Å². The number of benzene rings is 1.